The Bertz CT molecular complexity index is 1210. The zero-order chi connectivity index (χ0) is 27.6. The van der Waals surface area contributed by atoms with Gasteiger partial charge in [0.15, 0.2) is 0 Å². The van der Waals surface area contributed by atoms with Gasteiger partial charge in [0.05, 0.1) is 12.2 Å². The van der Waals surface area contributed by atoms with Gasteiger partial charge in [-0.05, 0) is 55.5 Å². The fourth-order valence-corrected chi connectivity index (χ4v) is 6.14. The number of alkyl halides is 3. The van der Waals surface area contributed by atoms with Crippen molar-refractivity contribution in [3.8, 4) is 0 Å². The number of carbonyl (C=O) groups excluding carboxylic acids is 3. The van der Waals surface area contributed by atoms with Crippen molar-refractivity contribution in [1.29, 1.82) is 0 Å². The van der Waals surface area contributed by atoms with Gasteiger partial charge in [0.2, 0.25) is 11.8 Å². The first-order valence-corrected chi connectivity index (χ1v) is 13.5. The van der Waals surface area contributed by atoms with E-state index in [0.717, 1.165) is 43.5 Å². The van der Waals surface area contributed by atoms with E-state index < -0.39 is 23.2 Å². The number of anilines is 1. The Balaban J connectivity index is 1.26. The molecule has 3 amide bonds. The van der Waals surface area contributed by atoms with Gasteiger partial charge in [0, 0.05) is 31.2 Å². The van der Waals surface area contributed by atoms with Crippen LogP contribution in [0.4, 0.5) is 18.9 Å². The van der Waals surface area contributed by atoms with E-state index in [-0.39, 0.29) is 37.5 Å². The van der Waals surface area contributed by atoms with Crippen LogP contribution in [0.3, 0.4) is 0 Å². The topological polar surface area (TPSA) is 73.0 Å². The molecule has 0 aromatic heterocycles. The number of nitrogens with zero attached hydrogens (tertiary/aromatic N) is 3. The molecule has 5 rings (SSSR count). The van der Waals surface area contributed by atoms with Crippen molar-refractivity contribution < 1.29 is 27.6 Å². The maximum Gasteiger partial charge on any atom is 0.416 e. The number of para-hydroxylation sites is 1. The van der Waals surface area contributed by atoms with Crippen LogP contribution >= 0.6 is 0 Å². The fraction of sp³-hybridized carbons (Fsp3) is 0.483. The molecule has 3 fully saturated rings. The third-order valence-electron chi connectivity index (χ3n) is 8.27. The van der Waals surface area contributed by atoms with Gasteiger partial charge in [-0.1, -0.05) is 43.2 Å². The number of likely N-dealkylation sites (tertiary alicyclic amines) is 1. The molecule has 1 N–H and O–H groups in total. The quantitative estimate of drug-likeness (QED) is 0.595. The van der Waals surface area contributed by atoms with E-state index in [1.54, 1.807) is 0 Å². The van der Waals surface area contributed by atoms with Crippen LogP contribution in [-0.2, 0) is 27.1 Å². The molecule has 0 atom stereocenters. The number of hydrogen-bond acceptors (Lipinski definition) is 4. The monoisotopic (exact) mass is 542 g/mol. The van der Waals surface area contributed by atoms with Gasteiger partial charge in [-0.15, -0.1) is 0 Å². The predicted molar refractivity (Wildman–Crippen MR) is 139 cm³/mol. The lowest BCUT2D eigenvalue weighted by Gasteiger charge is -2.43. The molecule has 2 aliphatic heterocycles. The van der Waals surface area contributed by atoms with Crippen molar-refractivity contribution in [1.82, 2.24) is 15.1 Å². The van der Waals surface area contributed by atoms with Crippen LogP contribution in [0.5, 0.6) is 0 Å². The SMILES string of the molecule is O=C(CN1CN(c2ccccc2)C2(CCN(C(=O)C3CCCC3)CC2)C1=O)NCc1cccc(C(F)(F)F)c1. The van der Waals surface area contributed by atoms with Crippen LogP contribution in [0.15, 0.2) is 54.6 Å². The van der Waals surface area contributed by atoms with Crippen LogP contribution in [0.25, 0.3) is 0 Å². The molecule has 1 aliphatic carbocycles. The zero-order valence-corrected chi connectivity index (χ0v) is 21.8. The number of piperidine rings is 1. The highest BCUT2D eigenvalue weighted by molar-refractivity contribution is 5.96. The highest BCUT2D eigenvalue weighted by Gasteiger charge is 2.54. The Morgan fingerprint density at radius 1 is 0.974 bits per heavy atom. The molecule has 0 unspecified atom stereocenters. The van der Waals surface area contributed by atoms with Gasteiger partial charge in [0.1, 0.15) is 12.1 Å². The molecular formula is C29H33F3N4O3. The standard InChI is InChI=1S/C29H33F3N4O3/c30-29(31,32)23-10-6-7-21(17-23)18-33-25(37)19-35-20-36(24-11-2-1-3-12-24)28(27(35)39)13-15-34(16-14-28)26(38)22-8-4-5-9-22/h1-3,6-7,10-12,17,22H,4-5,8-9,13-16,18-20H2,(H,33,37). The lowest BCUT2D eigenvalue weighted by Crippen LogP contribution is -2.58. The lowest BCUT2D eigenvalue weighted by molar-refractivity contribution is -0.141. The van der Waals surface area contributed by atoms with Crippen LogP contribution in [0.1, 0.15) is 49.7 Å². The Morgan fingerprint density at radius 3 is 2.33 bits per heavy atom. The molecule has 10 heteroatoms. The van der Waals surface area contributed by atoms with Gasteiger partial charge in [0.25, 0.3) is 5.91 Å². The summed E-state index contributed by atoms with van der Waals surface area (Å²) in [5.41, 5.74) is -0.433. The van der Waals surface area contributed by atoms with Gasteiger partial charge in [-0.2, -0.15) is 13.2 Å². The summed E-state index contributed by atoms with van der Waals surface area (Å²) in [6.07, 6.45) is 0.508. The van der Waals surface area contributed by atoms with E-state index in [9.17, 15) is 27.6 Å². The summed E-state index contributed by atoms with van der Waals surface area (Å²) in [4.78, 5) is 45.1. The number of halogens is 3. The number of rotatable bonds is 6. The largest absolute Gasteiger partial charge is 0.416 e. The van der Waals surface area contributed by atoms with Gasteiger partial charge >= 0.3 is 6.18 Å². The molecule has 208 valence electrons. The molecule has 0 bridgehead atoms. The molecule has 2 aromatic rings. The second-order valence-electron chi connectivity index (χ2n) is 10.7. The first kappa shape index (κ1) is 27.0. The van der Waals surface area contributed by atoms with E-state index in [1.807, 2.05) is 40.1 Å². The van der Waals surface area contributed by atoms with Crippen molar-refractivity contribution in [2.75, 3.05) is 31.2 Å². The molecule has 7 nitrogen and oxygen atoms in total. The molecule has 3 aliphatic rings. The van der Waals surface area contributed by atoms with Crippen molar-refractivity contribution >= 4 is 23.4 Å². The predicted octanol–water partition coefficient (Wildman–Crippen LogP) is 4.18. The molecule has 2 aromatic carbocycles. The summed E-state index contributed by atoms with van der Waals surface area (Å²) >= 11 is 0. The van der Waals surface area contributed by atoms with Gasteiger partial charge in [-0.25, -0.2) is 0 Å². The summed E-state index contributed by atoms with van der Waals surface area (Å²) in [5, 5.41) is 2.65. The summed E-state index contributed by atoms with van der Waals surface area (Å²) < 4.78 is 39.1. The number of carbonyl (C=O) groups is 3. The zero-order valence-electron chi connectivity index (χ0n) is 21.8. The number of amides is 3. The van der Waals surface area contributed by atoms with Crippen molar-refractivity contribution in [3.63, 3.8) is 0 Å². The highest BCUT2D eigenvalue weighted by atomic mass is 19.4. The molecular weight excluding hydrogens is 509 g/mol. The lowest BCUT2D eigenvalue weighted by atomic mass is 9.85. The van der Waals surface area contributed by atoms with Gasteiger partial charge < -0.3 is 20.0 Å². The summed E-state index contributed by atoms with van der Waals surface area (Å²) in [7, 11) is 0. The Kier molecular flexibility index (Phi) is 7.55. The smallest absolute Gasteiger partial charge is 0.350 e. The van der Waals surface area contributed by atoms with Crippen LogP contribution in [-0.4, -0.2) is 59.4 Å². The first-order valence-electron chi connectivity index (χ1n) is 13.5. The van der Waals surface area contributed by atoms with Gasteiger partial charge in [-0.3, -0.25) is 14.4 Å². The van der Waals surface area contributed by atoms with Crippen LogP contribution in [0, 0.1) is 5.92 Å². The minimum Gasteiger partial charge on any atom is -0.350 e. The molecule has 39 heavy (non-hydrogen) atoms. The minimum absolute atomic E-state index is 0.0729. The Morgan fingerprint density at radius 2 is 1.67 bits per heavy atom. The normalized spacial score (nSPS) is 19.7. The first-order chi connectivity index (χ1) is 18.7. The van der Waals surface area contributed by atoms with Crippen molar-refractivity contribution in [3.05, 3.63) is 65.7 Å². The summed E-state index contributed by atoms with van der Waals surface area (Å²) in [6, 6.07) is 14.4. The second kappa shape index (κ2) is 10.9. The fourth-order valence-electron chi connectivity index (χ4n) is 6.14. The summed E-state index contributed by atoms with van der Waals surface area (Å²) in [6.45, 7) is 0.917. The van der Waals surface area contributed by atoms with E-state index in [1.165, 1.54) is 17.0 Å². The minimum atomic E-state index is -4.46. The molecule has 2 heterocycles. The number of nitrogens with one attached hydrogen (secondary N) is 1. The maximum atomic E-state index is 13.8. The third-order valence-corrected chi connectivity index (χ3v) is 8.27. The van der Waals surface area contributed by atoms with E-state index >= 15 is 0 Å². The van der Waals surface area contributed by atoms with Crippen molar-refractivity contribution in [2.45, 2.75) is 56.8 Å². The number of benzene rings is 2. The molecule has 1 saturated carbocycles. The second-order valence-corrected chi connectivity index (χ2v) is 10.7. The third kappa shape index (κ3) is 5.60. The maximum absolute atomic E-state index is 13.8. The molecule has 2 saturated heterocycles. The average Bonchev–Trinajstić information content (AvgIpc) is 3.56. The van der Waals surface area contributed by atoms with Crippen LogP contribution in [0.2, 0.25) is 0 Å². The summed E-state index contributed by atoms with van der Waals surface area (Å²) in [5.74, 6) is -0.335. The average molecular weight is 543 g/mol. The van der Waals surface area contributed by atoms with E-state index in [0.29, 0.717) is 31.5 Å². The molecule has 1 spiro atoms. The van der Waals surface area contributed by atoms with E-state index in [4.69, 9.17) is 0 Å². The van der Waals surface area contributed by atoms with Crippen LogP contribution < -0.4 is 10.2 Å². The molecule has 0 radical (unpaired) electrons. The Labute approximate surface area is 225 Å². The van der Waals surface area contributed by atoms with Crippen molar-refractivity contribution in [2.24, 2.45) is 5.92 Å². The highest BCUT2D eigenvalue weighted by Crippen LogP contribution is 2.40. The Hall–Kier alpha value is -3.56. The van der Waals surface area contributed by atoms with E-state index in [2.05, 4.69) is 5.32 Å². The number of hydrogen-bond donors (Lipinski definition) is 1.